The summed E-state index contributed by atoms with van der Waals surface area (Å²) in [5, 5.41) is 3.49. The number of urea groups is 1. The molecule has 2 amide bonds. The normalized spacial score (nSPS) is 17.5. The van der Waals surface area contributed by atoms with Crippen LogP contribution >= 0.6 is 27.5 Å². The van der Waals surface area contributed by atoms with Crippen LogP contribution in [-0.2, 0) is 9.22 Å². The first-order valence-corrected chi connectivity index (χ1v) is 15.5. The molecule has 0 fully saturated rings. The molecule has 0 spiro atoms. The Balaban J connectivity index is 1.87. The Bertz CT molecular complexity index is 1150. The van der Waals surface area contributed by atoms with Crippen LogP contribution in [0.1, 0.15) is 57.4 Å². The number of nitrogens with zero attached hydrogens (tertiary/aromatic N) is 1. The Kier molecular flexibility index (Phi) is 8.31. The first-order chi connectivity index (χ1) is 16.2. The van der Waals surface area contributed by atoms with Gasteiger partial charge >= 0.3 is 6.03 Å². The van der Waals surface area contributed by atoms with E-state index in [0.29, 0.717) is 20.7 Å². The van der Waals surface area contributed by atoms with Crippen LogP contribution in [0.3, 0.4) is 0 Å². The summed E-state index contributed by atoms with van der Waals surface area (Å²) in [6, 6.07) is 8.40. The Hall–Kier alpha value is -2.00. The second-order valence-corrected chi connectivity index (χ2v) is 16.3. The number of allylic oxidation sites excluding steroid dienone is 1. The van der Waals surface area contributed by atoms with E-state index in [1.807, 2.05) is 13.0 Å². The first-order valence-electron chi connectivity index (χ1n) is 11.4. The fourth-order valence-electron chi connectivity index (χ4n) is 3.63. The Morgan fingerprint density at radius 3 is 2.49 bits per heavy atom. The number of hydrogen-bond acceptors (Lipinski definition) is 3. The lowest BCUT2D eigenvalue weighted by Gasteiger charge is -2.38. The summed E-state index contributed by atoms with van der Waals surface area (Å²) in [4.78, 5) is 26.8. The van der Waals surface area contributed by atoms with Gasteiger partial charge in [-0.1, -0.05) is 44.5 Å². The lowest BCUT2D eigenvalue weighted by atomic mass is 9.97. The van der Waals surface area contributed by atoms with E-state index in [2.05, 4.69) is 55.1 Å². The van der Waals surface area contributed by atoms with Crippen LogP contribution in [0.2, 0.25) is 23.2 Å². The molecule has 9 heteroatoms. The molecule has 3 rings (SSSR count). The summed E-state index contributed by atoms with van der Waals surface area (Å²) in [6.07, 6.45) is 2.67. The smallest absolute Gasteiger partial charge is 0.326 e. The van der Waals surface area contributed by atoms with Crippen molar-refractivity contribution >= 4 is 53.4 Å². The van der Waals surface area contributed by atoms with Crippen LogP contribution in [0.4, 0.5) is 14.9 Å². The first kappa shape index (κ1) is 27.6. The average molecular weight is 582 g/mol. The molecule has 2 atom stereocenters. The molecule has 188 valence electrons. The largest absolute Gasteiger partial charge is 0.410 e. The number of ketones is 1. The predicted molar refractivity (Wildman–Crippen MR) is 145 cm³/mol. The quantitative estimate of drug-likeness (QED) is 0.361. The van der Waals surface area contributed by atoms with Gasteiger partial charge in [0.1, 0.15) is 5.82 Å². The van der Waals surface area contributed by atoms with Gasteiger partial charge in [-0.15, -0.1) is 0 Å². The molecule has 1 aliphatic heterocycles. The zero-order valence-electron chi connectivity index (χ0n) is 20.8. The number of carbonyl (C=O) groups is 2. The molecule has 1 N–H and O–H groups in total. The average Bonchev–Trinajstić information content (AvgIpc) is 2.74. The molecule has 0 aromatic heterocycles. The van der Waals surface area contributed by atoms with Crippen molar-refractivity contribution in [3.63, 3.8) is 0 Å². The van der Waals surface area contributed by atoms with E-state index in [1.54, 1.807) is 18.2 Å². The van der Waals surface area contributed by atoms with E-state index >= 15 is 0 Å². The second kappa shape index (κ2) is 10.5. The third-order valence-electron chi connectivity index (χ3n) is 6.68. The van der Waals surface area contributed by atoms with Crippen molar-refractivity contribution < 1.29 is 18.4 Å². The van der Waals surface area contributed by atoms with E-state index < -0.39 is 20.4 Å². The van der Waals surface area contributed by atoms with Gasteiger partial charge in [-0.2, -0.15) is 0 Å². The summed E-state index contributed by atoms with van der Waals surface area (Å²) in [6.45, 7) is 12.8. The van der Waals surface area contributed by atoms with Gasteiger partial charge in [0.15, 0.2) is 14.1 Å². The van der Waals surface area contributed by atoms with Crippen molar-refractivity contribution in [2.24, 2.45) is 0 Å². The molecule has 0 bridgehead atoms. The number of halogens is 3. The van der Waals surface area contributed by atoms with Crippen molar-refractivity contribution in [1.29, 1.82) is 0 Å². The minimum absolute atomic E-state index is 0.0353. The van der Waals surface area contributed by atoms with Crippen LogP contribution in [0, 0.1) is 5.82 Å². The molecule has 0 aliphatic carbocycles. The number of nitrogens with one attached hydrogen (secondary N) is 1. The maximum absolute atomic E-state index is 13.4. The molecule has 0 radical (unpaired) electrons. The highest BCUT2D eigenvalue weighted by Gasteiger charge is 2.39. The van der Waals surface area contributed by atoms with E-state index in [0.717, 1.165) is 5.56 Å². The molecule has 5 nitrogen and oxygen atoms in total. The van der Waals surface area contributed by atoms with Crippen LogP contribution in [-0.4, -0.2) is 25.0 Å². The minimum Gasteiger partial charge on any atom is -0.410 e. The predicted octanol–water partition coefficient (Wildman–Crippen LogP) is 8.39. The van der Waals surface area contributed by atoms with Gasteiger partial charge in [-0.25, -0.2) is 9.18 Å². The minimum atomic E-state index is -2.05. The SMILES string of the molecule is CC(O[Si](C)(C)C(C)(C)C)c1cc(NC(=O)N2C=CC(=O)C[C@H]2c2ccc(F)cc2)c(Br)cc1Cl. The maximum Gasteiger partial charge on any atom is 0.326 e. The van der Waals surface area contributed by atoms with Gasteiger partial charge in [0.25, 0.3) is 0 Å². The zero-order chi connectivity index (χ0) is 26.1. The molecule has 0 saturated carbocycles. The number of hydrogen-bond donors (Lipinski definition) is 1. The zero-order valence-corrected chi connectivity index (χ0v) is 24.1. The van der Waals surface area contributed by atoms with Crippen LogP contribution in [0.15, 0.2) is 53.1 Å². The molecular weight excluding hydrogens is 551 g/mol. The Morgan fingerprint density at radius 1 is 1.26 bits per heavy atom. The Labute approximate surface area is 220 Å². The fraction of sp³-hybridized carbons (Fsp3) is 0.385. The third kappa shape index (κ3) is 6.41. The molecule has 35 heavy (non-hydrogen) atoms. The summed E-state index contributed by atoms with van der Waals surface area (Å²) in [5.41, 5.74) is 1.98. The number of carbonyl (C=O) groups excluding carboxylic acids is 2. The van der Waals surface area contributed by atoms with Gasteiger partial charge < -0.3 is 9.74 Å². The van der Waals surface area contributed by atoms with Crippen LogP contribution in [0.25, 0.3) is 0 Å². The van der Waals surface area contributed by atoms with Crippen molar-refractivity contribution in [3.05, 3.63) is 75.1 Å². The van der Waals surface area contributed by atoms with E-state index in [4.69, 9.17) is 16.0 Å². The van der Waals surface area contributed by atoms with E-state index in [-0.39, 0.29) is 29.2 Å². The van der Waals surface area contributed by atoms with Gasteiger partial charge in [-0.3, -0.25) is 9.69 Å². The van der Waals surface area contributed by atoms with Gasteiger partial charge in [0, 0.05) is 27.7 Å². The maximum atomic E-state index is 13.4. The number of rotatable bonds is 5. The van der Waals surface area contributed by atoms with E-state index in [9.17, 15) is 14.0 Å². The highest BCUT2D eigenvalue weighted by molar-refractivity contribution is 9.10. The lowest BCUT2D eigenvalue weighted by molar-refractivity contribution is -0.116. The molecule has 1 aliphatic rings. The summed E-state index contributed by atoms with van der Waals surface area (Å²) >= 11 is 10.0. The van der Waals surface area contributed by atoms with E-state index in [1.165, 1.54) is 29.3 Å². The monoisotopic (exact) mass is 580 g/mol. The Morgan fingerprint density at radius 2 is 1.89 bits per heavy atom. The van der Waals surface area contributed by atoms with Crippen molar-refractivity contribution in [1.82, 2.24) is 4.90 Å². The summed E-state index contributed by atoms with van der Waals surface area (Å²) in [5.74, 6) is -0.482. The number of amides is 2. The van der Waals surface area contributed by atoms with Gasteiger partial charge in [0.05, 0.1) is 17.8 Å². The van der Waals surface area contributed by atoms with Crippen LogP contribution < -0.4 is 5.32 Å². The van der Waals surface area contributed by atoms with Gasteiger partial charge in [-0.05, 0) is 76.9 Å². The van der Waals surface area contributed by atoms with Crippen molar-refractivity contribution in [2.45, 2.75) is 64.4 Å². The molecular formula is C26H31BrClFN2O3Si. The standard InChI is InChI=1S/C26H31BrClFN2O3Si/c1-16(34-35(5,6)26(2,3)4)20-14-23(21(27)15-22(20)28)30-25(33)31-12-11-19(32)13-24(31)17-7-9-18(29)10-8-17/h7-12,14-16,24H,13H2,1-6H3,(H,30,33)/t16?,24-/m0/s1. The van der Waals surface area contributed by atoms with Crippen molar-refractivity contribution in [3.8, 4) is 0 Å². The van der Waals surface area contributed by atoms with Gasteiger partial charge in [0.2, 0.25) is 0 Å². The lowest BCUT2D eigenvalue weighted by Crippen LogP contribution is -2.41. The molecule has 0 saturated heterocycles. The third-order valence-corrected chi connectivity index (χ3v) is 12.2. The van der Waals surface area contributed by atoms with Crippen molar-refractivity contribution in [2.75, 3.05) is 5.32 Å². The highest BCUT2D eigenvalue weighted by atomic mass is 79.9. The molecule has 1 heterocycles. The second-order valence-electron chi connectivity index (χ2n) is 10.3. The molecule has 1 unspecified atom stereocenters. The molecule has 2 aromatic rings. The molecule has 2 aromatic carbocycles. The summed E-state index contributed by atoms with van der Waals surface area (Å²) < 4.78 is 20.6. The topological polar surface area (TPSA) is 58.6 Å². The highest BCUT2D eigenvalue weighted by Crippen LogP contribution is 2.42. The number of benzene rings is 2. The number of anilines is 1. The van der Waals surface area contributed by atoms with Crippen LogP contribution in [0.5, 0.6) is 0 Å². The summed E-state index contributed by atoms with van der Waals surface area (Å²) in [7, 11) is -2.05. The fourth-order valence-corrected chi connectivity index (χ4v) is 5.89.